The van der Waals surface area contributed by atoms with Gasteiger partial charge in [0.2, 0.25) is 0 Å². The quantitative estimate of drug-likeness (QED) is 0.607. The van der Waals surface area contributed by atoms with E-state index in [2.05, 4.69) is 26.1 Å². The van der Waals surface area contributed by atoms with Crippen LogP contribution in [-0.4, -0.2) is 12.6 Å². The molecule has 1 fully saturated rings. The molecule has 2 unspecified atom stereocenters. The predicted octanol–water partition coefficient (Wildman–Crippen LogP) is 2.81. The van der Waals surface area contributed by atoms with Crippen molar-refractivity contribution < 1.29 is 0 Å². The zero-order valence-corrected chi connectivity index (χ0v) is 8.77. The van der Waals surface area contributed by atoms with Crippen LogP contribution in [0.5, 0.6) is 0 Å². The summed E-state index contributed by atoms with van der Waals surface area (Å²) in [6.45, 7) is 8.27. The van der Waals surface area contributed by atoms with Crippen molar-refractivity contribution in [3.63, 3.8) is 0 Å². The Morgan fingerprint density at radius 2 is 2.08 bits per heavy atom. The highest BCUT2D eigenvalue weighted by molar-refractivity contribution is 4.83. The lowest BCUT2D eigenvalue weighted by atomic mass is 9.90. The molecular weight excluding hydrogens is 146 g/mol. The molecule has 0 aromatic carbocycles. The first-order chi connectivity index (χ1) is 5.72. The maximum atomic E-state index is 3.37. The number of nitrogens with one attached hydrogen (secondary N) is 1. The average Bonchev–Trinajstić information content (AvgIpc) is 2.80. The maximum absolute atomic E-state index is 3.37. The Bertz CT molecular complexity index is 116. The minimum atomic E-state index is 0.877. The Kier molecular flexibility index (Phi) is 4.07. The first-order valence-electron chi connectivity index (χ1n) is 5.45. The van der Waals surface area contributed by atoms with Gasteiger partial charge in [-0.15, -0.1) is 0 Å². The fraction of sp³-hybridized carbons (Fsp3) is 1.00. The molecule has 1 aliphatic rings. The van der Waals surface area contributed by atoms with Crippen molar-refractivity contribution in [3.8, 4) is 0 Å². The Balaban J connectivity index is 2.06. The van der Waals surface area contributed by atoms with Crippen molar-refractivity contribution in [2.75, 3.05) is 6.54 Å². The van der Waals surface area contributed by atoms with Gasteiger partial charge < -0.3 is 5.32 Å². The highest BCUT2D eigenvalue weighted by Crippen LogP contribution is 2.22. The fourth-order valence-corrected chi connectivity index (χ4v) is 1.88. The summed E-state index contributed by atoms with van der Waals surface area (Å²) in [5.74, 6) is 1.86. The molecule has 0 aromatic rings. The summed E-state index contributed by atoms with van der Waals surface area (Å²) >= 11 is 0. The second kappa shape index (κ2) is 4.86. The Morgan fingerprint density at radius 3 is 2.50 bits per heavy atom. The first-order valence-corrected chi connectivity index (χ1v) is 5.45. The zero-order valence-electron chi connectivity index (χ0n) is 8.77. The normalized spacial score (nSPS) is 24.5. The first kappa shape index (κ1) is 10.0. The van der Waals surface area contributed by atoms with Crippen molar-refractivity contribution >= 4 is 0 Å². The standard InChI is InChI=1S/C11H23N/c1-4-10(7-9(2)3)5-6-11-8-12-11/h9-12H,4-8H2,1-3H3. The minimum Gasteiger partial charge on any atom is -0.311 e. The van der Waals surface area contributed by atoms with E-state index in [1.165, 1.54) is 32.2 Å². The van der Waals surface area contributed by atoms with Gasteiger partial charge in [-0.3, -0.25) is 0 Å². The van der Waals surface area contributed by atoms with Crippen LogP contribution in [0.1, 0.15) is 46.5 Å². The summed E-state index contributed by atoms with van der Waals surface area (Å²) in [4.78, 5) is 0. The molecule has 1 heteroatoms. The molecule has 0 aliphatic carbocycles. The third kappa shape index (κ3) is 4.10. The number of hydrogen-bond acceptors (Lipinski definition) is 1. The summed E-state index contributed by atoms with van der Waals surface area (Å²) in [6, 6.07) is 0.881. The minimum absolute atomic E-state index is 0.877. The highest BCUT2D eigenvalue weighted by atomic mass is 15.1. The fourth-order valence-electron chi connectivity index (χ4n) is 1.88. The van der Waals surface area contributed by atoms with Crippen LogP contribution in [0.4, 0.5) is 0 Å². The van der Waals surface area contributed by atoms with Gasteiger partial charge in [0.05, 0.1) is 0 Å². The van der Waals surface area contributed by atoms with Crippen LogP contribution in [0.15, 0.2) is 0 Å². The van der Waals surface area contributed by atoms with E-state index in [0.717, 1.165) is 17.9 Å². The van der Waals surface area contributed by atoms with Gasteiger partial charge >= 0.3 is 0 Å². The van der Waals surface area contributed by atoms with Gasteiger partial charge in [0.1, 0.15) is 0 Å². The number of hydrogen-bond donors (Lipinski definition) is 1. The molecule has 12 heavy (non-hydrogen) atoms. The monoisotopic (exact) mass is 169 g/mol. The van der Waals surface area contributed by atoms with Crippen LogP contribution in [0.25, 0.3) is 0 Å². The second-order valence-corrected chi connectivity index (χ2v) is 4.59. The SMILES string of the molecule is CCC(CCC1CN1)CC(C)C. The lowest BCUT2D eigenvalue weighted by Gasteiger charge is -2.16. The third-order valence-corrected chi connectivity index (χ3v) is 2.80. The van der Waals surface area contributed by atoms with Crippen molar-refractivity contribution in [3.05, 3.63) is 0 Å². The van der Waals surface area contributed by atoms with E-state index >= 15 is 0 Å². The molecule has 1 saturated heterocycles. The van der Waals surface area contributed by atoms with Gasteiger partial charge in [0, 0.05) is 12.6 Å². The van der Waals surface area contributed by atoms with Crippen LogP contribution >= 0.6 is 0 Å². The summed E-state index contributed by atoms with van der Waals surface area (Å²) in [5, 5.41) is 3.37. The predicted molar refractivity (Wildman–Crippen MR) is 54.3 cm³/mol. The second-order valence-electron chi connectivity index (χ2n) is 4.59. The molecule has 72 valence electrons. The summed E-state index contributed by atoms with van der Waals surface area (Å²) in [7, 11) is 0. The lowest BCUT2D eigenvalue weighted by Crippen LogP contribution is -2.05. The smallest absolute Gasteiger partial charge is 0.0193 e. The molecule has 0 saturated carbocycles. The maximum Gasteiger partial charge on any atom is 0.0193 e. The zero-order chi connectivity index (χ0) is 8.97. The van der Waals surface area contributed by atoms with E-state index in [9.17, 15) is 0 Å². The Morgan fingerprint density at radius 1 is 1.42 bits per heavy atom. The van der Waals surface area contributed by atoms with E-state index in [1.807, 2.05) is 0 Å². The van der Waals surface area contributed by atoms with Crippen LogP contribution in [0.3, 0.4) is 0 Å². The molecule has 0 bridgehead atoms. The van der Waals surface area contributed by atoms with E-state index in [4.69, 9.17) is 0 Å². The molecule has 1 nitrogen and oxygen atoms in total. The molecule has 1 N–H and O–H groups in total. The van der Waals surface area contributed by atoms with Crippen molar-refractivity contribution in [2.45, 2.75) is 52.5 Å². The van der Waals surface area contributed by atoms with E-state index in [1.54, 1.807) is 0 Å². The third-order valence-electron chi connectivity index (χ3n) is 2.80. The molecule has 0 aromatic heterocycles. The Hall–Kier alpha value is -0.0400. The van der Waals surface area contributed by atoms with Crippen LogP contribution in [-0.2, 0) is 0 Å². The molecule has 0 radical (unpaired) electrons. The summed E-state index contributed by atoms with van der Waals surface area (Å²) < 4.78 is 0. The van der Waals surface area contributed by atoms with Crippen LogP contribution in [0.2, 0.25) is 0 Å². The van der Waals surface area contributed by atoms with Gasteiger partial charge in [-0.25, -0.2) is 0 Å². The van der Waals surface area contributed by atoms with Crippen LogP contribution < -0.4 is 5.32 Å². The number of rotatable bonds is 6. The van der Waals surface area contributed by atoms with E-state index in [-0.39, 0.29) is 0 Å². The molecule has 2 atom stereocenters. The molecular formula is C11H23N. The van der Waals surface area contributed by atoms with Gasteiger partial charge in [0.15, 0.2) is 0 Å². The average molecular weight is 169 g/mol. The lowest BCUT2D eigenvalue weighted by molar-refractivity contribution is 0.367. The molecule has 0 spiro atoms. The molecule has 1 aliphatic heterocycles. The van der Waals surface area contributed by atoms with E-state index < -0.39 is 0 Å². The molecule has 1 heterocycles. The summed E-state index contributed by atoms with van der Waals surface area (Å²) in [5.41, 5.74) is 0. The topological polar surface area (TPSA) is 21.9 Å². The summed E-state index contributed by atoms with van der Waals surface area (Å²) in [6.07, 6.45) is 5.63. The van der Waals surface area contributed by atoms with Crippen LogP contribution in [0, 0.1) is 11.8 Å². The molecule has 1 rings (SSSR count). The van der Waals surface area contributed by atoms with Gasteiger partial charge in [-0.05, 0) is 31.1 Å². The van der Waals surface area contributed by atoms with Crippen molar-refractivity contribution in [1.82, 2.24) is 5.32 Å². The largest absolute Gasteiger partial charge is 0.311 e. The highest BCUT2D eigenvalue weighted by Gasteiger charge is 2.20. The van der Waals surface area contributed by atoms with Gasteiger partial charge in [-0.2, -0.15) is 0 Å². The van der Waals surface area contributed by atoms with Gasteiger partial charge in [0.25, 0.3) is 0 Å². The van der Waals surface area contributed by atoms with Crippen molar-refractivity contribution in [2.24, 2.45) is 11.8 Å². The van der Waals surface area contributed by atoms with Crippen molar-refractivity contribution in [1.29, 1.82) is 0 Å². The Labute approximate surface area is 76.9 Å². The molecule has 0 amide bonds. The van der Waals surface area contributed by atoms with E-state index in [0.29, 0.717) is 0 Å². The van der Waals surface area contributed by atoms with Gasteiger partial charge in [-0.1, -0.05) is 27.2 Å².